The maximum Gasteiger partial charge on any atom is 0.179 e. The van der Waals surface area contributed by atoms with Crippen molar-refractivity contribution in [2.45, 2.75) is 6.42 Å². The van der Waals surface area contributed by atoms with Crippen LogP contribution < -0.4 is 10.5 Å². The van der Waals surface area contributed by atoms with E-state index in [2.05, 4.69) is 0 Å². The van der Waals surface area contributed by atoms with Crippen LogP contribution in [0.2, 0.25) is 0 Å². The highest BCUT2D eigenvalue weighted by Crippen LogP contribution is 2.30. The number of ether oxygens (including phenoxy) is 1. The Morgan fingerprint density at radius 1 is 1.57 bits per heavy atom. The molecule has 1 aromatic rings. The zero-order chi connectivity index (χ0) is 10.1. The first-order valence-corrected chi connectivity index (χ1v) is 4.41. The number of halogens is 1. The van der Waals surface area contributed by atoms with Gasteiger partial charge in [0.05, 0.1) is 18.7 Å². The second-order valence-electron chi connectivity index (χ2n) is 3.12. The molecule has 0 fully saturated rings. The molecule has 1 heterocycles. The second kappa shape index (κ2) is 3.38. The number of hydrogen-bond donors (Lipinski definition) is 1. The molecule has 0 saturated heterocycles. The van der Waals surface area contributed by atoms with Crippen LogP contribution in [0.25, 0.3) is 0 Å². The fourth-order valence-corrected chi connectivity index (χ4v) is 1.65. The summed E-state index contributed by atoms with van der Waals surface area (Å²) in [5.74, 6) is -0.280. The van der Waals surface area contributed by atoms with Crippen molar-refractivity contribution < 1.29 is 13.9 Å². The van der Waals surface area contributed by atoms with Gasteiger partial charge in [0.2, 0.25) is 0 Å². The molecule has 0 atom stereocenters. The van der Waals surface area contributed by atoms with E-state index in [-0.39, 0.29) is 17.9 Å². The van der Waals surface area contributed by atoms with E-state index in [9.17, 15) is 9.18 Å². The Hall–Kier alpha value is -1.42. The highest BCUT2D eigenvalue weighted by Gasteiger charge is 2.22. The second-order valence-corrected chi connectivity index (χ2v) is 3.12. The van der Waals surface area contributed by atoms with Gasteiger partial charge in [-0.15, -0.1) is 0 Å². The zero-order valence-corrected chi connectivity index (χ0v) is 7.55. The van der Waals surface area contributed by atoms with Gasteiger partial charge >= 0.3 is 0 Å². The molecule has 0 aliphatic carbocycles. The van der Waals surface area contributed by atoms with Crippen LogP contribution in [-0.2, 0) is 6.42 Å². The van der Waals surface area contributed by atoms with E-state index in [1.165, 1.54) is 6.07 Å². The van der Waals surface area contributed by atoms with E-state index in [0.29, 0.717) is 24.3 Å². The number of hydrogen-bond acceptors (Lipinski definition) is 3. The standard InChI is InChI=1S/C10H10FNO2/c11-7-1-2-9-6(3-4-14-9)10(7)8(13)5-12/h1-2H,3-5,12H2. The third-order valence-corrected chi connectivity index (χ3v) is 2.29. The maximum absolute atomic E-state index is 13.4. The molecule has 1 aromatic carbocycles. The molecule has 3 nitrogen and oxygen atoms in total. The van der Waals surface area contributed by atoms with E-state index in [1.807, 2.05) is 0 Å². The lowest BCUT2D eigenvalue weighted by Crippen LogP contribution is -2.16. The fraction of sp³-hybridized carbons (Fsp3) is 0.300. The lowest BCUT2D eigenvalue weighted by molar-refractivity contribution is 0.0996. The monoisotopic (exact) mass is 195 g/mol. The van der Waals surface area contributed by atoms with Gasteiger partial charge < -0.3 is 10.5 Å². The number of Topliss-reactive ketones (excluding diaryl/α,β-unsaturated/α-hetero) is 1. The van der Waals surface area contributed by atoms with E-state index >= 15 is 0 Å². The Labute approximate surface area is 80.7 Å². The van der Waals surface area contributed by atoms with Crippen molar-refractivity contribution >= 4 is 5.78 Å². The minimum atomic E-state index is -0.510. The van der Waals surface area contributed by atoms with E-state index in [4.69, 9.17) is 10.5 Å². The van der Waals surface area contributed by atoms with E-state index < -0.39 is 5.82 Å². The number of carbonyl (C=O) groups excluding carboxylic acids is 1. The topological polar surface area (TPSA) is 52.3 Å². The summed E-state index contributed by atoms with van der Waals surface area (Å²) < 4.78 is 18.6. The number of fused-ring (bicyclic) bond motifs is 1. The number of nitrogens with two attached hydrogens (primary N) is 1. The Morgan fingerprint density at radius 3 is 3.07 bits per heavy atom. The Bertz CT molecular complexity index is 390. The summed E-state index contributed by atoms with van der Waals surface area (Å²) in [5, 5.41) is 0. The lowest BCUT2D eigenvalue weighted by atomic mass is 10.0. The molecule has 0 spiro atoms. The van der Waals surface area contributed by atoms with Crippen LogP contribution in [-0.4, -0.2) is 18.9 Å². The maximum atomic E-state index is 13.4. The molecule has 0 bridgehead atoms. The van der Waals surface area contributed by atoms with Gasteiger partial charge in [0.25, 0.3) is 0 Å². The van der Waals surface area contributed by atoms with Crippen molar-refractivity contribution in [1.82, 2.24) is 0 Å². The Balaban J connectivity index is 2.57. The number of ketones is 1. The van der Waals surface area contributed by atoms with Crippen LogP contribution in [0.15, 0.2) is 12.1 Å². The molecule has 0 unspecified atom stereocenters. The minimum Gasteiger partial charge on any atom is -0.493 e. The van der Waals surface area contributed by atoms with Gasteiger partial charge in [-0.3, -0.25) is 4.79 Å². The number of carbonyl (C=O) groups is 1. The SMILES string of the molecule is NCC(=O)c1c(F)ccc2c1CCO2. The number of benzene rings is 1. The smallest absolute Gasteiger partial charge is 0.179 e. The summed E-state index contributed by atoms with van der Waals surface area (Å²) in [6, 6.07) is 2.79. The molecule has 14 heavy (non-hydrogen) atoms. The Kier molecular flexibility index (Phi) is 2.21. The summed E-state index contributed by atoms with van der Waals surface area (Å²) in [4.78, 5) is 11.4. The third kappa shape index (κ3) is 1.28. The van der Waals surface area contributed by atoms with Crippen LogP contribution in [0.1, 0.15) is 15.9 Å². The first kappa shape index (κ1) is 9.15. The molecule has 2 N–H and O–H groups in total. The number of rotatable bonds is 2. The van der Waals surface area contributed by atoms with Crippen LogP contribution in [0, 0.1) is 5.82 Å². The molecule has 0 saturated carbocycles. The fourth-order valence-electron chi connectivity index (χ4n) is 1.65. The van der Waals surface area contributed by atoms with Crippen molar-refractivity contribution in [3.63, 3.8) is 0 Å². The summed E-state index contributed by atoms with van der Waals surface area (Å²) in [5.41, 5.74) is 5.96. The average Bonchev–Trinajstić information content (AvgIpc) is 2.64. The zero-order valence-electron chi connectivity index (χ0n) is 7.55. The molecule has 1 aliphatic heterocycles. The van der Waals surface area contributed by atoms with Crippen molar-refractivity contribution in [2.75, 3.05) is 13.2 Å². The van der Waals surface area contributed by atoms with Gasteiger partial charge in [0.1, 0.15) is 11.6 Å². The molecule has 4 heteroatoms. The highest BCUT2D eigenvalue weighted by molar-refractivity contribution is 5.99. The predicted octanol–water partition coefficient (Wildman–Crippen LogP) is 0.902. The summed E-state index contributed by atoms with van der Waals surface area (Å²) in [6.45, 7) is 0.330. The van der Waals surface area contributed by atoms with Gasteiger partial charge in [0.15, 0.2) is 5.78 Å². The van der Waals surface area contributed by atoms with Gasteiger partial charge in [-0.25, -0.2) is 4.39 Å². The molecule has 2 rings (SSSR count). The van der Waals surface area contributed by atoms with Gasteiger partial charge in [-0.05, 0) is 12.1 Å². The van der Waals surface area contributed by atoms with Crippen molar-refractivity contribution in [1.29, 1.82) is 0 Å². The van der Waals surface area contributed by atoms with Crippen molar-refractivity contribution in [3.8, 4) is 5.75 Å². The van der Waals surface area contributed by atoms with Crippen LogP contribution in [0.4, 0.5) is 4.39 Å². The van der Waals surface area contributed by atoms with Gasteiger partial charge in [-0.2, -0.15) is 0 Å². The highest BCUT2D eigenvalue weighted by atomic mass is 19.1. The largest absolute Gasteiger partial charge is 0.493 e. The van der Waals surface area contributed by atoms with Crippen LogP contribution >= 0.6 is 0 Å². The molecule has 1 aliphatic rings. The Morgan fingerprint density at radius 2 is 2.36 bits per heavy atom. The predicted molar refractivity (Wildman–Crippen MR) is 49.0 cm³/mol. The van der Waals surface area contributed by atoms with E-state index in [0.717, 1.165) is 0 Å². The average molecular weight is 195 g/mol. The summed E-state index contributed by atoms with van der Waals surface area (Å²) in [7, 11) is 0. The quantitative estimate of drug-likeness (QED) is 0.713. The lowest BCUT2D eigenvalue weighted by Gasteiger charge is -2.05. The normalized spacial score (nSPS) is 13.6. The molecular weight excluding hydrogens is 185 g/mol. The molecular formula is C10H10FNO2. The first-order valence-electron chi connectivity index (χ1n) is 4.41. The third-order valence-electron chi connectivity index (χ3n) is 2.29. The molecule has 0 aromatic heterocycles. The van der Waals surface area contributed by atoms with Gasteiger partial charge in [-0.1, -0.05) is 0 Å². The van der Waals surface area contributed by atoms with Crippen LogP contribution in [0.3, 0.4) is 0 Å². The minimum absolute atomic E-state index is 0.0995. The summed E-state index contributed by atoms with van der Waals surface area (Å²) in [6.07, 6.45) is 0.578. The first-order chi connectivity index (χ1) is 6.74. The van der Waals surface area contributed by atoms with Crippen molar-refractivity contribution in [3.05, 3.63) is 29.1 Å². The molecule has 0 amide bonds. The van der Waals surface area contributed by atoms with Gasteiger partial charge in [0, 0.05) is 12.0 Å². The molecule has 0 radical (unpaired) electrons. The summed E-state index contributed by atoms with van der Waals surface area (Å²) >= 11 is 0. The van der Waals surface area contributed by atoms with Crippen molar-refractivity contribution in [2.24, 2.45) is 5.73 Å². The van der Waals surface area contributed by atoms with Crippen LogP contribution in [0.5, 0.6) is 5.75 Å². The molecule has 74 valence electrons. The van der Waals surface area contributed by atoms with E-state index in [1.54, 1.807) is 6.07 Å².